The van der Waals surface area contributed by atoms with Crippen LogP contribution in [-0.4, -0.2) is 4.57 Å². The lowest BCUT2D eigenvalue weighted by molar-refractivity contribution is 1.17. The van der Waals surface area contributed by atoms with Gasteiger partial charge in [0, 0.05) is 33.5 Å². The van der Waals surface area contributed by atoms with Gasteiger partial charge in [0.15, 0.2) is 0 Å². The Morgan fingerprint density at radius 1 is 0.296 bits per heavy atom. The van der Waals surface area contributed by atoms with E-state index in [0.29, 0.717) is 0 Å². The molecular formula is C52H34N2. The van der Waals surface area contributed by atoms with Crippen LogP contribution in [0.25, 0.3) is 81.7 Å². The largest absolute Gasteiger partial charge is 0.310 e. The van der Waals surface area contributed by atoms with Gasteiger partial charge in [-0.3, -0.25) is 0 Å². The Hall–Kier alpha value is -7.16. The molecular weight excluding hydrogens is 653 g/mol. The molecule has 0 aliphatic rings. The topological polar surface area (TPSA) is 8.17 Å². The third-order valence-corrected chi connectivity index (χ3v) is 11.1. The molecule has 0 amide bonds. The predicted octanol–water partition coefficient (Wildman–Crippen LogP) is 14.5. The van der Waals surface area contributed by atoms with E-state index in [2.05, 4.69) is 216 Å². The number of benzene rings is 10. The molecule has 54 heavy (non-hydrogen) atoms. The summed E-state index contributed by atoms with van der Waals surface area (Å²) in [6, 6.07) is 75.2. The van der Waals surface area contributed by atoms with Crippen molar-refractivity contribution in [2.75, 3.05) is 4.90 Å². The SMILES string of the molecule is c1ccc(N(c2ccc(-c3ccc4c(ccc5ccc6ccccc6c54)c3)cc2)c2cccc(-n3c4ccccc4c4cc5ccccc5cc43)c2)cc1. The van der Waals surface area contributed by atoms with Gasteiger partial charge in [-0.2, -0.15) is 0 Å². The van der Waals surface area contributed by atoms with Crippen LogP contribution in [0.3, 0.4) is 0 Å². The molecule has 11 aromatic rings. The van der Waals surface area contributed by atoms with Crippen molar-refractivity contribution in [1.82, 2.24) is 4.57 Å². The van der Waals surface area contributed by atoms with Crippen LogP contribution < -0.4 is 4.90 Å². The molecule has 0 radical (unpaired) electrons. The van der Waals surface area contributed by atoms with Gasteiger partial charge < -0.3 is 9.47 Å². The average molecular weight is 687 g/mol. The van der Waals surface area contributed by atoms with E-state index in [0.717, 1.165) is 22.7 Å². The van der Waals surface area contributed by atoms with Crippen LogP contribution in [0, 0.1) is 0 Å². The van der Waals surface area contributed by atoms with Crippen LogP contribution in [0.15, 0.2) is 206 Å². The highest BCUT2D eigenvalue weighted by atomic mass is 15.1. The van der Waals surface area contributed by atoms with Gasteiger partial charge in [0.25, 0.3) is 0 Å². The van der Waals surface area contributed by atoms with E-state index in [1.165, 1.54) is 76.0 Å². The van der Waals surface area contributed by atoms with Crippen molar-refractivity contribution in [3.05, 3.63) is 206 Å². The minimum Gasteiger partial charge on any atom is -0.310 e. The zero-order valence-electron chi connectivity index (χ0n) is 29.5. The van der Waals surface area contributed by atoms with Crippen LogP contribution >= 0.6 is 0 Å². The van der Waals surface area contributed by atoms with Gasteiger partial charge in [-0.05, 0) is 121 Å². The molecule has 10 aromatic carbocycles. The Bertz CT molecular complexity index is 3210. The Labute approximate surface area is 313 Å². The molecule has 1 aromatic heterocycles. The molecule has 1 heterocycles. The number of rotatable bonds is 5. The van der Waals surface area contributed by atoms with Crippen molar-refractivity contribution in [2.45, 2.75) is 0 Å². The molecule has 252 valence electrons. The molecule has 0 spiro atoms. The standard InChI is InChI=1S/C52H34N2/c1-2-14-42(15-3-1)53(44-16-10-17-45(34-44)54-50-20-9-8-19-48(50)49-32-38-12-4-5-13-39(38)33-51(49)54)43-28-25-35(26-29-43)40-27-30-47-41(31-40)24-23-37-22-21-36-11-6-7-18-46(36)52(37)47/h1-34H. The fourth-order valence-corrected chi connectivity index (χ4v) is 8.55. The summed E-state index contributed by atoms with van der Waals surface area (Å²) in [7, 11) is 0. The van der Waals surface area contributed by atoms with E-state index in [4.69, 9.17) is 0 Å². The number of anilines is 3. The number of hydrogen-bond acceptors (Lipinski definition) is 1. The van der Waals surface area contributed by atoms with Crippen molar-refractivity contribution in [3.8, 4) is 16.8 Å². The average Bonchev–Trinajstić information content (AvgIpc) is 3.56. The smallest absolute Gasteiger partial charge is 0.0547 e. The molecule has 0 aliphatic carbocycles. The molecule has 11 rings (SSSR count). The van der Waals surface area contributed by atoms with Crippen LogP contribution in [0.5, 0.6) is 0 Å². The monoisotopic (exact) mass is 686 g/mol. The third-order valence-electron chi connectivity index (χ3n) is 11.1. The Balaban J connectivity index is 1.02. The van der Waals surface area contributed by atoms with Crippen LogP contribution in [0.1, 0.15) is 0 Å². The Morgan fingerprint density at radius 2 is 0.907 bits per heavy atom. The summed E-state index contributed by atoms with van der Waals surface area (Å²) in [4.78, 5) is 2.36. The van der Waals surface area contributed by atoms with E-state index in [1.807, 2.05) is 0 Å². The summed E-state index contributed by atoms with van der Waals surface area (Å²) in [5.41, 5.74) is 9.25. The molecule has 0 atom stereocenters. The molecule has 0 aliphatic heterocycles. The highest BCUT2D eigenvalue weighted by molar-refractivity contribution is 6.20. The lowest BCUT2D eigenvalue weighted by atomic mass is 9.94. The van der Waals surface area contributed by atoms with Gasteiger partial charge in [0.1, 0.15) is 0 Å². The van der Waals surface area contributed by atoms with E-state index < -0.39 is 0 Å². The van der Waals surface area contributed by atoms with Crippen LogP contribution in [0.2, 0.25) is 0 Å². The van der Waals surface area contributed by atoms with E-state index in [1.54, 1.807) is 0 Å². The summed E-state index contributed by atoms with van der Waals surface area (Å²) in [6.07, 6.45) is 0. The first-order valence-corrected chi connectivity index (χ1v) is 18.6. The maximum atomic E-state index is 2.42. The number of aromatic nitrogens is 1. The highest BCUT2D eigenvalue weighted by Crippen LogP contribution is 2.40. The minimum atomic E-state index is 1.10. The van der Waals surface area contributed by atoms with Gasteiger partial charge >= 0.3 is 0 Å². The normalized spacial score (nSPS) is 11.7. The van der Waals surface area contributed by atoms with Crippen molar-refractivity contribution in [3.63, 3.8) is 0 Å². The summed E-state index contributed by atoms with van der Waals surface area (Å²) < 4.78 is 2.42. The van der Waals surface area contributed by atoms with Crippen LogP contribution in [0.4, 0.5) is 17.1 Å². The van der Waals surface area contributed by atoms with Crippen molar-refractivity contribution >= 4 is 82.0 Å². The van der Waals surface area contributed by atoms with Crippen molar-refractivity contribution in [1.29, 1.82) is 0 Å². The van der Waals surface area contributed by atoms with Gasteiger partial charge in [-0.1, -0.05) is 140 Å². The molecule has 0 unspecified atom stereocenters. The Kier molecular flexibility index (Phi) is 6.90. The summed E-state index contributed by atoms with van der Waals surface area (Å²) in [5, 5.41) is 12.7. The Morgan fingerprint density at radius 3 is 1.74 bits per heavy atom. The number of fused-ring (bicyclic) bond motifs is 9. The van der Waals surface area contributed by atoms with Crippen molar-refractivity contribution in [2.24, 2.45) is 0 Å². The first-order chi connectivity index (χ1) is 26.8. The minimum absolute atomic E-state index is 1.10. The molecule has 0 fully saturated rings. The molecule has 0 saturated carbocycles. The number of hydrogen-bond donors (Lipinski definition) is 0. The van der Waals surface area contributed by atoms with Crippen LogP contribution in [-0.2, 0) is 0 Å². The fourth-order valence-electron chi connectivity index (χ4n) is 8.55. The van der Waals surface area contributed by atoms with Gasteiger partial charge in [-0.15, -0.1) is 0 Å². The molecule has 0 N–H and O–H groups in total. The van der Waals surface area contributed by atoms with Gasteiger partial charge in [0.2, 0.25) is 0 Å². The number of para-hydroxylation sites is 2. The summed E-state index contributed by atoms with van der Waals surface area (Å²) >= 11 is 0. The second-order valence-electron chi connectivity index (χ2n) is 14.2. The first kappa shape index (κ1) is 30.5. The van der Waals surface area contributed by atoms with E-state index >= 15 is 0 Å². The maximum Gasteiger partial charge on any atom is 0.0547 e. The second kappa shape index (κ2) is 12.2. The zero-order chi connectivity index (χ0) is 35.6. The van der Waals surface area contributed by atoms with Crippen molar-refractivity contribution < 1.29 is 0 Å². The summed E-state index contributed by atoms with van der Waals surface area (Å²) in [5.74, 6) is 0. The van der Waals surface area contributed by atoms with Gasteiger partial charge in [-0.25, -0.2) is 0 Å². The molecule has 0 saturated heterocycles. The highest BCUT2D eigenvalue weighted by Gasteiger charge is 2.17. The first-order valence-electron chi connectivity index (χ1n) is 18.6. The lowest BCUT2D eigenvalue weighted by Crippen LogP contribution is -2.10. The lowest BCUT2D eigenvalue weighted by Gasteiger charge is -2.26. The van der Waals surface area contributed by atoms with E-state index in [9.17, 15) is 0 Å². The molecule has 2 heteroatoms. The second-order valence-corrected chi connectivity index (χ2v) is 14.2. The number of nitrogens with zero attached hydrogens (tertiary/aromatic N) is 2. The molecule has 0 bridgehead atoms. The van der Waals surface area contributed by atoms with E-state index in [-0.39, 0.29) is 0 Å². The predicted molar refractivity (Wildman–Crippen MR) is 231 cm³/mol. The third kappa shape index (κ3) is 4.88. The quantitative estimate of drug-likeness (QED) is 0.164. The summed E-state index contributed by atoms with van der Waals surface area (Å²) in [6.45, 7) is 0. The fraction of sp³-hybridized carbons (Fsp3) is 0. The van der Waals surface area contributed by atoms with Gasteiger partial charge in [0.05, 0.1) is 11.0 Å². The molecule has 2 nitrogen and oxygen atoms in total. The maximum absolute atomic E-state index is 2.42. The zero-order valence-corrected chi connectivity index (χ0v) is 29.5.